The van der Waals surface area contributed by atoms with Gasteiger partial charge in [0.1, 0.15) is 17.4 Å². The van der Waals surface area contributed by atoms with Crippen LogP contribution in [0.1, 0.15) is 12.5 Å². The Morgan fingerprint density at radius 1 is 0.846 bits per heavy atom. The van der Waals surface area contributed by atoms with E-state index in [2.05, 4.69) is 40.2 Å². The van der Waals surface area contributed by atoms with Crippen molar-refractivity contribution in [3.8, 4) is 40.0 Å². The van der Waals surface area contributed by atoms with Crippen molar-refractivity contribution in [2.75, 3.05) is 11.9 Å². The van der Waals surface area contributed by atoms with Crippen LogP contribution in [0.3, 0.4) is 0 Å². The lowest BCUT2D eigenvalue weighted by Crippen LogP contribution is -2.13. The number of amides is 1. The van der Waals surface area contributed by atoms with Crippen molar-refractivity contribution in [3.63, 3.8) is 0 Å². The number of nitrogens with zero attached hydrogens (tertiary/aromatic N) is 2. The van der Waals surface area contributed by atoms with Crippen LogP contribution in [0.25, 0.3) is 34.3 Å². The van der Waals surface area contributed by atoms with E-state index in [1.807, 2.05) is 85.8 Å². The molecule has 0 aliphatic rings. The Morgan fingerprint density at radius 3 is 2.13 bits per heavy atom. The first-order valence-electron chi connectivity index (χ1n) is 12.8. The standard InChI is InChI=1S/C34H27N3O2/c1-2-39-31-20-12-17-29(23-31)36-34(38)28(24-35)21-27-22-32(25-13-6-3-7-14-25)37(30-18-10-5-11-19-30)33(27)26-15-8-4-9-16-26/h3-23H,2H2,1H3,(H,36,38)/b28-21-. The molecule has 0 unspecified atom stereocenters. The fourth-order valence-corrected chi connectivity index (χ4v) is 4.53. The summed E-state index contributed by atoms with van der Waals surface area (Å²) in [6.07, 6.45) is 1.66. The van der Waals surface area contributed by atoms with E-state index >= 15 is 0 Å². The van der Waals surface area contributed by atoms with Crippen LogP contribution < -0.4 is 10.1 Å². The van der Waals surface area contributed by atoms with E-state index in [-0.39, 0.29) is 5.57 Å². The first-order chi connectivity index (χ1) is 19.2. The topological polar surface area (TPSA) is 67.0 Å². The molecule has 0 bridgehead atoms. The summed E-state index contributed by atoms with van der Waals surface area (Å²) in [6, 6.07) is 41.5. The number of nitrogens with one attached hydrogen (secondary N) is 1. The van der Waals surface area contributed by atoms with Gasteiger partial charge in [-0.1, -0.05) is 84.9 Å². The zero-order valence-electron chi connectivity index (χ0n) is 21.5. The molecule has 1 amide bonds. The molecule has 0 atom stereocenters. The fourth-order valence-electron chi connectivity index (χ4n) is 4.53. The van der Waals surface area contributed by atoms with Gasteiger partial charge in [-0.3, -0.25) is 4.79 Å². The summed E-state index contributed by atoms with van der Waals surface area (Å²) in [5.41, 5.74) is 6.13. The second-order valence-electron chi connectivity index (χ2n) is 8.82. The molecule has 4 aromatic carbocycles. The molecule has 0 fully saturated rings. The van der Waals surface area contributed by atoms with Gasteiger partial charge >= 0.3 is 0 Å². The number of ether oxygens (including phenoxy) is 1. The van der Waals surface area contributed by atoms with E-state index in [1.165, 1.54) is 0 Å². The van der Waals surface area contributed by atoms with Gasteiger partial charge in [0.25, 0.3) is 5.91 Å². The molecule has 5 heteroatoms. The fraction of sp³-hybridized carbons (Fsp3) is 0.0588. The summed E-state index contributed by atoms with van der Waals surface area (Å²) < 4.78 is 7.72. The number of benzene rings is 4. The van der Waals surface area contributed by atoms with Crippen molar-refractivity contribution in [3.05, 3.63) is 132 Å². The Labute approximate surface area is 228 Å². The van der Waals surface area contributed by atoms with E-state index in [1.54, 1.807) is 24.3 Å². The minimum Gasteiger partial charge on any atom is -0.494 e. The average molecular weight is 510 g/mol. The van der Waals surface area contributed by atoms with Crippen LogP contribution in [-0.2, 0) is 4.79 Å². The van der Waals surface area contributed by atoms with Gasteiger partial charge < -0.3 is 14.6 Å². The number of rotatable bonds is 8. The van der Waals surface area contributed by atoms with Gasteiger partial charge in [0.05, 0.1) is 18.0 Å². The van der Waals surface area contributed by atoms with Gasteiger partial charge in [-0.2, -0.15) is 5.26 Å². The second kappa shape index (κ2) is 11.8. The third-order valence-corrected chi connectivity index (χ3v) is 6.23. The molecular weight excluding hydrogens is 482 g/mol. The molecule has 1 aromatic heterocycles. The summed E-state index contributed by atoms with van der Waals surface area (Å²) in [5, 5.41) is 12.9. The molecule has 5 rings (SSSR count). The lowest BCUT2D eigenvalue weighted by molar-refractivity contribution is -0.112. The van der Waals surface area contributed by atoms with Crippen LogP contribution in [0.5, 0.6) is 5.75 Å². The smallest absolute Gasteiger partial charge is 0.266 e. The number of hydrogen-bond acceptors (Lipinski definition) is 3. The number of nitriles is 1. The normalized spacial score (nSPS) is 11.0. The van der Waals surface area contributed by atoms with Crippen LogP contribution in [-0.4, -0.2) is 17.1 Å². The Bertz CT molecular complexity index is 1650. The van der Waals surface area contributed by atoms with Crippen LogP contribution in [0.4, 0.5) is 5.69 Å². The highest BCUT2D eigenvalue weighted by atomic mass is 16.5. The average Bonchev–Trinajstić information content (AvgIpc) is 3.37. The Balaban J connectivity index is 1.66. The number of aromatic nitrogens is 1. The highest BCUT2D eigenvalue weighted by molar-refractivity contribution is 6.10. The Hall–Kier alpha value is -5.34. The molecule has 0 saturated heterocycles. The lowest BCUT2D eigenvalue weighted by Gasteiger charge is -2.15. The van der Waals surface area contributed by atoms with Crippen LogP contribution in [0.2, 0.25) is 0 Å². The summed E-state index contributed by atoms with van der Waals surface area (Å²) in [4.78, 5) is 13.2. The molecule has 1 heterocycles. The number of anilines is 1. The van der Waals surface area contributed by atoms with E-state index in [0.717, 1.165) is 33.8 Å². The molecule has 1 N–H and O–H groups in total. The van der Waals surface area contributed by atoms with Crippen molar-refractivity contribution >= 4 is 17.7 Å². The number of carbonyl (C=O) groups is 1. The maximum absolute atomic E-state index is 13.2. The molecular formula is C34H27N3O2. The quantitative estimate of drug-likeness (QED) is 0.172. The molecule has 39 heavy (non-hydrogen) atoms. The van der Waals surface area contributed by atoms with Crippen LogP contribution >= 0.6 is 0 Å². The molecule has 0 aliphatic heterocycles. The molecule has 5 nitrogen and oxygen atoms in total. The SMILES string of the molecule is CCOc1cccc(NC(=O)/C(C#N)=C\c2cc(-c3ccccc3)n(-c3ccccc3)c2-c2ccccc2)c1. The van der Waals surface area contributed by atoms with Crippen molar-refractivity contribution in [1.82, 2.24) is 4.57 Å². The minimum atomic E-state index is -0.487. The first kappa shape index (κ1) is 25.3. The summed E-state index contributed by atoms with van der Waals surface area (Å²) in [6.45, 7) is 2.42. The van der Waals surface area contributed by atoms with Gasteiger partial charge in [0.15, 0.2) is 0 Å². The first-order valence-corrected chi connectivity index (χ1v) is 12.8. The zero-order chi connectivity index (χ0) is 27.0. The molecule has 0 radical (unpaired) electrons. The predicted molar refractivity (Wildman–Crippen MR) is 156 cm³/mol. The highest BCUT2D eigenvalue weighted by Crippen LogP contribution is 2.37. The van der Waals surface area contributed by atoms with E-state index in [0.29, 0.717) is 18.0 Å². The number of hydrogen-bond donors (Lipinski definition) is 1. The second-order valence-corrected chi connectivity index (χ2v) is 8.82. The molecule has 0 saturated carbocycles. The maximum atomic E-state index is 13.2. The van der Waals surface area contributed by atoms with Crippen LogP contribution in [0, 0.1) is 11.3 Å². The minimum absolute atomic E-state index is 0.00109. The third kappa shape index (κ3) is 5.66. The van der Waals surface area contributed by atoms with Gasteiger partial charge in [-0.05, 0) is 54.5 Å². The highest BCUT2D eigenvalue weighted by Gasteiger charge is 2.20. The largest absolute Gasteiger partial charge is 0.494 e. The Kier molecular flexibility index (Phi) is 7.66. The third-order valence-electron chi connectivity index (χ3n) is 6.23. The molecule has 0 aliphatic carbocycles. The maximum Gasteiger partial charge on any atom is 0.266 e. The van der Waals surface area contributed by atoms with E-state index in [9.17, 15) is 10.1 Å². The molecule has 0 spiro atoms. The Morgan fingerprint density at radius 2 is 1.49 bits per heavy atom. The molecule has 5 aromatic rings. The predicted octanol–water partition coefficient (Wildman–Crippen LogP) is 7.76. The van der Waals surface area contributed by atoms with Crippen LogP contribution in [0.15, 0.2) is 127 Å². The van der Waals surface area contributed by atoms with Gasteiger partial charge in [0, 0.05) is 23.0 Å². The monoisotopic (exact) mass is 509 g/mol. The van der Waals surface area contributed by atoms with Gasteiger partial charge in [0.2, 0.25) is 0 Å². The van der Waals surface area contributed by atoms with E-state index < -0.39 is 5.91 Å². The summed E-state index contributed by atoms with van der Waals surface area (Å²) in [7, 11) is 0. The summed E-state index contributed by atoms with van der Waals surface area (Å²) >= 11 is 0. The van der Waals surface area contributed by atoms with Crippen molar-refractivity contribution in [1.29, 1.82) is 5.26 Å². The van der Waals surface area contributed by atoms with E-state index in [4.69, 9.17) is 4.74 Å². The van der Waals surface area contributed by atoms with Crippen molar-refractivity contribution in [2.24, 2.45) is 0 Å². The summed E-state index contributed by atoms with van der Waals surface area (Å²) in [5.74, 6) is 0.162. The van der Waals surface area contributed by atoms with Gasteiger partial charge in [-0.15, -0.1) is 0 Å². The van der Waals surface area contributed by atoms with Crippen molar-refractivity contribution < 1.29 is 9.53 Å². The number of para-hydroxylation sites is 1. The van der Waals surface area contributed by atoms with Gasteiger partial charge in [-0.25, -0.2) is 0 Å². The lowest BCUT2D eigenvalue weighted by atomic mass is 10.0. The van der Waals surface area contributed by atoms with Crippen molar-refractivity contribution in [2.45, 2.75) is 6.92 Å². The molecule has 190 valence electrons. The zero-order valence-corrected chi connectivity index (χ0v) is 21.5. The number of carbonyl (C=O) groups excluding carboxylic acids is 1.